The molecule has 4 rings (SSSR count). The lowest BCUT2D eigenvalue weighted by Gasteiger charge is -2.16. The number of alkyl carbamates (subject to hydrolysis) is 1. The number of hydrogen-bond donors (Lipinski definition) is 2. The number of halogens is 1. The molecule has 0 saturated carbocycles. The van der Waals surface area contributed by atoms with E-state index in [0.29, 0.717) is 0 Å². The fourth-order valence-corrected chi connectivity index (χ4v) is 3.76. The average Bonchev–Trinajstić information content (AvgIpc) is 3.18. The summed E-state index contributed by atoms with van der Waals surface area (Å²) in [4.78, 5) is 23.8. The average molecular weight is 354 g/mol. The number of carbonyl (C=O) groups excluding carboxylic acids is 2. The van der Waals surface area contributed by atoms with E-state index in [2.05, 4.69) is 22.8 Å². The number of rotatable bonds is 4. The Bertz CT molecular complexity index is 809. The second-order valence-electron chi connectivity index (χ2n) is 6.62. The van der Waals surface area contributed by atoms with Crippen LogP contribution in [0.25, 0.3) is 11.1 Å². The molecule has 134 valence electrons. The topological polar surface area (TPSA) is 67.4 Å². The zero-order chi connectivity index (χ0) is 18.1. The first kappa shape index (κ1) is 16.6. The maximum atomic E-state index is 12.7. The van der Waals surface area contributed by atoms with Crippen LogP contribution in [0.15, 0.2) is 48.5 Å². The molecule has 1 fully saturated rings. The number of nitrogens with one attached hydrogen (secondary N) is 2. The minimum Gasteiger partial charge on any atom is -0.449 e. The molecule has 26 heavy (non-hydrogen) atoms. The first-order valence-electron chi connectivity index (χ1n) is 8.65. The second-order valence-corrected chi connectivity index (χ2v) is 6.62. The molecule has 2 atom stereocenters. The van der Waals surface area contributed by atoms with Crippen LogP contribution in [0.4, 0.5) is 9.18 Å². The number of fused-ring (bicyclic) bond motifs is 3. The van der Waals surface area contributed by atoms with Crippen LogP contribution in [-0.2, 0) is 9.53 Å². The van der Waals surface area contributed by atoms with Crippen LogP contribution >= 0.6 is 0 Å². The van der Waals surface area contributed by atoms with Gasteiger partial charge in [0.15, 0.2) is 0 Å². The summed E-state index contributed by atoms with van der Waals surface area (Å²) >= 11 is 0. The van der Waals surface area contributed by atoms with Crippen LogP contribution in [0, 0.1) is 0 Å². The van der Waals surface area contributed by atoms with Crippen molar-refractivity contribution in [2.75, 3.05) is 13.3 Å². The largest absolute Gasteiger partial charge is 0.449 e. The van der Waals surface area contributed by atoms with Gasteiger partial charge < -0.3 is 15.4 Å². The molecule has 2 aromatic rings. The summed E-state index contributed by atoms with van der Waals surface area (Å²) in [7, 11) is 0. The molecule has 0 bridgehead atoms. The molecule has 0 unspecified atom stereocenters. The van der Waals surface area contributed by atoms with Crippen molar-refractivity contribution < 1.29 is 18.7 Å². The molecular weight excluding hydrogens is 335 g/mol. The zero-order valence-electron chi connectivity index (χ0n) is 14.1. The van der Waals surface area contributed by atoms with Gasteiger partial charge in [0, 0.05) is 5.92 Å². The van der Waals surface area contributed by atoms with Crippen molar-refractivity contribution >= 4 is 12.0 Å². The molecule has 5 nitrogen and oxygen atoms in total. The Morgan fingerprint density at radius 2 is 1.73 bits per heavy atom. The highest BCUT2D eigenvalue weighted by molar-refractivity contribution is 5.88. The van der Waals surface area contributed by atoms with Crippen molar-refractivity contribution in [2.45, 2.75) is 24.4 Å². The SMILES string of the molecule is O=C(N[C@H]1C[C@H](CF)NC1=O)OCC1c2ccccc2-c2ccccc21. The third-order valence-corrected chi connectivity index (χ3v) is 5.01. The van der Waals surface area contributed by atoms with Crippen molar-refractivity contribution in [1.29, 1.82) is 0 Å². The third-order valence-electron chi connectivity index (χ3n) is 5.01. The van der Waals surface area contributed by atoms with E-state index in [0.717, 1.165) is 22.3 Å². The Kier molecular flexibility index (Phi) is 4.32. The van der Waals surface area contributed by atoms with E-state index < -0.39 is 24.9 Å². The molecular formula is C20H19FN2O3. The van der Waals surface area contributed by atoms with Crippen molar-refractivity contribution in [3.05, 3.63) is 59.7 Å². The Morgan fingerprint density at radius 3 is 2.31 bits per heavy atom. The van der Waals surface area contributed by atoms with Crippen LogP contribution in [-0.4, -0.2) is 37.4 Å². The van der Waals surface area contributed by atoms with Gasteiger partial charge in [-0.3, -0.25) is 4.79 Å². The molecule has 6 heteroatoms. The highest BCUT2D eigenvalue weighted by Crippen LogP contribution is 2.44. The highest BCUT2D eigenvalue weighted by Gasteiger charge is 2.34. The summed E-state index contributed by atoms with van der Waals surface area (Å²) in [5.41, 5.74) is 4.55. The van der Waals surface area contributed by atoms with Gasteiger partial charge in [-0.15, -0.1) is 0 Å². The minimum absolute atomic E-state index is 0.0378. The van der Waals surface area contributed by atoms with Gasteiger partial charge in [-0.1, -0.05) is 48.5 Å². The fraction of sp³-hybridized carbons (Fsp3) is 0.300. The molecule has 0 radical (unpaired) electrons. The molecule has 1 saturated heterocycles. The molecule has 0 aromatic heterocycles. The van der Waals surface area contributed by atoms with Crippen LogP contribution in [0.3, 0.4) is 0 Å². The van der Waals surface area contributed by atoms with Crippen molar-refractivity contribution in [3.8, 4) is 11.1 Å². The van der Waals surface area contributed by atoms with Crippen molar-refractivity contribution in [2.24, 2.45) is 0 Å². The lowest BCUT2D eigenvalue weighted by atomic mass is 9.98. The van der Waals surface area contributed by atoms with E-state index in [4.69, 9.17) is 4.74 Å². The predicted octanol–water partition coefficient (Wildman–Crippen LogP) is 2.75. The van der Waals surface area contributed by atoms with E-state index in [1.54, 1.807) is 0 Å². The molecule has 1 heterocycles. The van der Waals surface area contributed by atoms with Crippen LogP contribution in [0.2, 0.25) is 0 Å². The molecule has 2 aliphatic rings. The quantitative estimate of drug-likeness (QED) is 0.887. The van der Waals surface area contributed by atoms with Crippen molar-refractivity contribution in [1.82, 2.24) is 10.6 Å². The molecule has 2 aromatic carbocycles. The molecule has 0 spiro atoms. The summed E-state index contributed by atoms with van der Waals surface area (Å²) in [6.07, 6.45) is -0.425. The first-order chi connectivity index (χ1) is 12.7. The van der Waals surface area contributed by atoms with Crippen molar-refractivity contribution in [3.63, 3.8) is 0 Å². The maximum Gasteiger partial charge on any atom is 0.407 e. The van der Waals surface area contributed by atoms with E-state index in [1.807, 2.05) is 36.4 Å². The number of carbonyl (C=O) groups is 2. The van der Waals surface area contributed by atoms with E-state index >= 15 is 0 Å². The van der Waals surface area contributed by atoms with E-state index in [-0.39, 0.29) is 24.9 Å². The Hall–Kier alpha value is -2.89. The second kappa shape index (κ2) is 6.78. The van der Waals surface area contributed by atoms with Gasteiger partial charge in [0.25, 0.3) is 0 Å². The molecule has 1 aliphatic heterocycles. The van der Waals surface area contributed by atoms with Gasteiger partial charge in [-0.05, 0) is 28.7 Å². The number of hydrogen-bond acceptors (Lipinski definition) is 3. The normalized spacial score (nSPS) is 21.0. The van der Waals surface area contributed by atoms with E-state index in [9.17, 15) is 14.0 Å². The van der Waals surface area contributed by atoms with Crippen LogP contribution in [0.5, 0.6) is 0 Å². The summed E-state index contributed by atoms with van der Waals surface area (Å²) in [6, 6.07) is 14.8. The lowest BCUT2D eigenvalue weighted by Crippen LogP contribution is -2.40. The summed E-state index contributed by atoms with van der Waals surface area (Å²) < 4.78 is 18.1. The van der Waals surface area contributed by atoms with Gasteiger partial charge in [0.1, 0.15) is 19.3 Å². The van der Waals surface area contributed by atoms with Gasteiger partial charge >= 0.3 is 6.09 Å². The standard InChI is InChI=1S/C20H19FN2O3/c21-10-12-9-18(19(24)22-12)23-20(25)26-11-17-15-7-3-1-5-13(15)14-6-2-4-8-16(14)17/h1-8,12,17-18H,9-11H2,(H,22,24)(H,23,25)/t12-,18+/m1/s1. The van der Waals surface area contributed by atoms with E-state index in [1.165, 1.54) is 0 Å². The summed E-state index contributed by atoms with van der Waals surface area (Å²) in [5.74, 6) is -0.412. The van der Waals surface area contributed by atoms with Gasteiger partial charge in [0.05, 0.1) is 6.04 Å². The Morgan fingerprint density at radius 1 is 1.12 bits per heavy atom. The van der Waals surface area contributed by atoms with Gasteiger partial charge in [0.2, 0.25) is 5.91 Å². The van der Waals surface area contributed by atoms with Crippen LogP contribution < -0.4 is 10.6 Å². The smallest absolute Gasteiger partial charge is 0.407 e. The Balaban J connectivity index is 1.43. The predicted molar refractivity (Wildman–Crippen MR) is 94.5 cm³/mol. The monoisotopic (exact) mass is 354 g/mol. The number of amides is 2. The molecule has 2 amide bonds. The zero-order valence-corrected chi connectivity index (χ0v) is 14.1. The van der Waals surface area contributed by atoms with Crippen LogP contribution in [0.1, 0.15) is 23.5 Å². The first-order valence-corrected chi connectivity index (χ1v) is 8.65. The Labute approximate surface area is 150 Å². The number of alkyl halides is 1. The number of ether oxygens (including phenoxy) is 1. The fourth-order valence-electron chi connectivity index (χ4n) is 3.76. The number of benzene rings is 2. The van der Waals surface area contributed by atoms with Gasteiger partial charge in [-0.25, -0.2) is 9.18 Å². The summed E-state index contributed by atoms with van der Waals surface area (Å²) in [5, 5.41) is 5.02. The molecule has 2 N–H and O–H groups in total. The third kappa shape index (κ3) is 2.92. The maximum absolute atomic E-state index is 12.7. The lowest BCUT2D eigenvalue weighted by molar-refractivity contribution is -0.121. The highest BCUT2D eigenvalue weighted by atomic mass is 19.1. The minimum atomic E-state index is -0.744. The summed E-state index contributed by atoms with van der Waals surface area (Å²) in [6.45, 7) is -0.463. The molecule has 1 aliphatic carbocycles. The van der Waals surface area contributed by atoms with Gasteiger partial charge in [-0.2, -0.15) is 0 Å².